The van der Waals surface area contributed by atoms with Gasteiger partial charge in [-0.2, -0.15) is 12.6 Å². The first-order chi connectivity index (χ1) is 7.40. The number of para-hydroxylation sites is 1. The minimum absolute atomic E-state index is 0.737. The number of fused-ring (bicyclic) bond motifs is 3. The molecule has 0 bridgehead atoms. The first-order valence-electron chi connectivity index (χ1n) is 4.90. The van der Waals surface area contributed by atoms with Crippen molar-refractivity contribution < 1.29 is 4.42 Å². The number of rotatable bonds is 1. The van der Waals surface area contributed by atoms with Crippen LogP contribution in [0.3, 0.4) is 0 Å². The number of hydrogen-bond donors (Lipinski definition) is 1. The molecular formula is C13H10OS. The van der Waals surface area contributed by atoms with Gasteiger partial charge in [0.15, 0.2) is 0 Å². The molecule has 0 N–H and O–H groups in total. The van der Waals surface area contributed by atoms with Gasteiger partial charge in [0.05, 0.1) is 0 Å². The molecule has 1 nitrogen and oxygen atoms in total. The van der Waals surface area contributed by atoms with Crippen LogP contribution in [0.25, 0.3) is 21.9 Å². The predicted molar refractivity (Wildman–Crippen MR) is 66.4 cm³/mol. The SMILES string of the molecule is SCc1cccc2oc3ccccc3c12. The molecule has 0 aliphatic carbocycles. The van der Waals surface area contributed by atoms with Gasteiger partial charge >= 0.3 is 0 Å². The minimum Gasteiger partial charge on any atom is -0.456 e. The van der Waals surface area contributed by atoms with Crippen molar-refractivity contribution in [1.29, 1.82) is 0 Å². The van der Waals surface area contributed by atoms with E-state index in [-0.39, 0.29) is 0 Å². The molecule has 0 fully saturated rings. The summed E-state index contributed by atoms with van der Waals surface area (Å²) in [7, 11) is 0. The molecule has 74 valence electrons. The summed E-state index contributed by atoms with van der Waals surface area (Å²) >= 11 is 4.34. The van der Waals surface area contributed by atoms with Gasteiger partial charge in [-0.1, -0.05) is 30.3 Å². The highest BCUT2D eigenvalue weighted by molar-refractivity contribution is 7.79. The molecule has 2 heteroatoms. The second kappa shape index (κ2) is 3.31. The van der Waals surface area contributed by atoms with Crippen LogP contribution in [-0.2, 0) is 5.75 Å². The molecule has 1 heterocycles. The van der Waals surface area contributed by atoms with Crippen LogP contribution >= 0.6 is 12.6 Å². The van der Waals surface area contributed by atoms with Crippen LogP contribution in [-0.4, -0.2) is 0 Å². The Balaban J connectivity index is 2.56. The molecule has 0 aliphatic rings. The third kappa shape index (κ3) is 1.25. The zero-order valence-electron chi connectivity index (χ0n) is 8.10. The summed E-state index contributed by atoms with van der Waals surface area (Å²) in [5, 5.41) is 2.38. The van der Waals surface area contributed by atoms with E-state index in [1.54, 1.807) is 0 Å². The predicted octanol–water partition coefficient (Wildman–Crippen LogP) is 4.02. The summed E-state index contributed by atoms with van der Waals surface area (Å²) in [6.45, 7) is 0. The lowest BCUT2D eigenvalue weighted by atomic mass is 10.1. The molecular weight excluding hydrogens is 204 g/mol. The highest BCUT2D eigenvalue weighted by atomic mass is 32.1. The van der Waals surface area contributed by atoms with Crippen LogP contribution in [0.4, 0.5) is 0 Å². The van der Waals surface area contributed by atoms with Gasteiger partial charge in [-0.3, -0.25) is 0 Å². The van der Waals surface area contributed by atoms with Crippen LogP contribution in [0.1, 0.15) is 5.56 Å². The lowest BCUT2D eigenvalue weighted by Gasteiger charge is -1.97. The zero-order valence-corrected chi connectivity index (χ0v) is 9.00. The molecule has 0 saturated carbocycles. The Bertz CT molecular complexity index is 625. The van der Waals surface area contributed by atoms with Gasteiger partial charge in [-0.05, 0) is 17.7 Å². The van der Waals surface area contributed by atoms with E-state index in [1.165, 1.54) is 16.3 Å². The van der Waals surface area contributed by atoms with Gasteiger partial charge in [0.2, 0.25) is 0 Å². The van der Waals surface area contributed by atoms with E-state index >= 15 is 0 Å². The minimum atomic E-state index is 0.737. The first kappa shape index (κ1) is 8.86. The standard InChI is InChI=1S/C13H10OS/c15-8-9-4-3-7-12-13(9)10-5-1-2-6-11(10)14-12/h1-7,15H,8H2. The van der Waals surface area contributed by atoms with Crippen molar-refractivity contribution >= 4 is 34.6 Å². The normalized spacial score (nSPS) is 11.3. The smallest absolute Gasteiger partial charge is 0.135 e. The Kier molecular flexibility index (Phi) is 1.96. The zero-order chi connectivity index (χ0) is 10.3. The fourth-order valence-corrected chi connectivity index (χ4v) is 2.24. The number of thiol groups is 1. The van der Waals surface area contributed by atoms with Crippen LogP contribution in [0, 0.1) is 0 Å². The van der Waals surface area contributed by atoms with E-state index in [1.807, 2.05) is 30.3 Å². The lowest BCUT2D eigenvalue weighted by molar-refractivity contribution is 0.669. The Hall–Kier alpha value is -1.41. The van der Waals surface area contributed by atoms with E-state index in [4.69, 9.17) is 4.42 Å². The molecule has 2 aromatic carbocycles. The largest absolute Gasteiger partial charge is 0.456 e. The van der Waals surface area contributed by atoms with Crippen molar-refractivity contribution in [3.63, 3.8) is 0 Å². The van der Waals surface area contributed by atoms with Crippen molar-refractivity contribution in [2.75, 3.05) is 0 Å². The first-order valence-corrected chi connectivity index (χ1v) is 5.53. The monoisotopic (exact) mass is 214 g/mol. The van der Waals surface area contributed by atoms with Crippen LogP contribution in [0.15, 0.2) is 46.9 Å². The molecule has 1 aromatic heterocycles. The average Bonchev–Trinajstić information content (AvgIpc) is 2.67. The highest BCUT2D eigenvalue weighted by Gasteiger charge is 2.08. The molecule has 0 amide bonds. The summed E-state index contributed by atoms with van der Waals surface area (Å²) in [6.07, 6.45) is 0. The Morgan fingerprint density at radius 3 is 2.60 bits per heavy atom. The molecule has 3 aromatic rings. The van der Waals surface area contributed by atoms with Gasteiger partial charge in [0.25, 0.3) is 0 Å². The quantitative estimate of drug-likeness (QED) is 0.604. The van der Waals surface area contributed by atoms with Gasteiger partial charge in [-0.25, -0.2) is 0 Å². The second-order valence-corrected chi connectivity index (χ2v) is 3.86. The van der Waals surface area contributed by atoms with E-state index in [0.29, 0.717) is 0 Å². The van der Waals surface area contributed by atoms with Crippen molar-refractivity contribution in [3.05, 3.63) is 48.0 Å². The third-order valence-electron chi connectivity index (χ3n) is 2.66. The van der Waals surface area contributed by atoms with Crippen molar-refractivity contribution in [3.8, 4) is 0 Å². The Morgan fingerprint density at radius 1 is 0.933 bits per heavy atom. The van der Waals surface area contributed by atoms with Crippen LogP contribution in [0.2, 0.25) is 0 Å². The summed E-state index contributed by atoms with van der Waals surface area (Å²) in [5.74, 6) is 0.737. The Morgan fingerprint density at radius 2 is 1.73 bits per heavy atom. The summed E-state index contributed by atoms with van der Waals surface area (Å²) in [5.41, 5.74) is 3.12. The molecule has 3 rings (SSSR count). The topological polar surface area (TPSA) is 13.1 Å². The Labute approximate surface area is 93.1 Å². The maximum Gasteiger partial charge on any atom is 0.135 e. The van der Waals surface area contributed by atoms with Crippen molar-refractivity contribution in [2.45, 2.75) is 5.75 Å². The fourth-order valence-electron chi connectivity index (χ4n) is 1.98. The number of benzene rings is 2. The van der Waals surface area contributed by atoms with E-state index in [9.17, 15) is 0 Å². The van der Waals surface area contributed by atoms with Crippen LogP contribution in [0.5, 0.6) is 0 Å². The maximum absolute atomic E-state index is 5.76. The molecule has 0 radical (unpaired) electrons. The summed E-state index contributed by atoms with van der Waals surface area (Å²) in [4.78, 5) is 0. The number of hydrogen-bond acceptors (Lipinski definition) is 2. The van der Waals surface area contributed by atoms with E-state index < -0.39 is 0 Å². The highest BCUT2D eigenvalue weighted by Crippen LogP contribution is 2.31. The van der Waals surface area contributed by atoms with E-state index in [2.05, 4.69) is 24.8 Å². The molecule has 0 spiro atoms. The molecule has 0 aliphatic heterocycles. The van der Waals surface area contributed by atoms with E-state index in [0.717, 1.165) is 16.9 Å². The maximum atomic E-state index is 5.76. The van der Waals surface area contributed by atoms with Crippen molar-refractivity contribution in [1.82, 2.24) is 0 Å². The van der Waals surface area contributed by atoms with Gasteiger partial charge < -0.3 is 4.42 Å². The molecule has 0 unspecified atom stereocenters. The molecule has 0 saturated heterocycles. The van der Waals surface area contributed by atoms with Crippen molar-refractivity contribution in [2.24, 2.45) is 0 Å². The fraction of sp³-hybridized carbons (Fsp3) is 0.0769. The number of furan rings is 1. The van der Waals surface area contributed by atoms with Crippen LogP contribution < -0.4 is 0 Å². The molecule has 0 atom stereocenters. The lowest BCUT2D eigenvalue weighted by Crippen LogP contribution is -1.77. The summed E-state index contributed by atoms with van der Waals surface area (Å²) < 4.78 is 5.76. The van der Waals surface area contributed by atoms with Gasteiger partial charge in [-0.15, -0.1) is 0 Å². The molecule has 15 heavy (non-hydrogen) atoms. The van der Waals surface area contributed by atoms with Gasteiger partial charge in [0.1, 0.15) is 11.2 Å². The summed E-state index contributed by atoms with van der Waals surface area (Å²) in [6, 6.07) is 14.2. The van der Waals surface area contributed by atoms with Gasteiger partial charge in [0, 0.05) is 16.5 Å². The third-order valence-corrected chi connectivity index (χ3v) is 3.00. The second-order valence-electron chi connectivity index (χ2n) is 3.55. The average molecular weight is 214 g/mol.